The van der Waals surface area contributed by atoms with Gasteiger partial charge in [-0.15, -0.1) is 0 Å². The zero-order chi connectivity index (χ0) is 24.7. The summed E-state index contributed by atoms with van der Waals surface area (Å²) in [6, 6.07) is 6.00. The third-order valence-electron chi connectivity index (χ3n) is 5.50. The molecule has 2 aromatic heterocycles. The quantitative estimate of drug-likeness (QED) is 0.501. The van der Waals surface area contributed by atoms with E-state index in [4.69, 9.17) is 9.52 Å². The molecule has 0 saturated carbocycles. The number of carbonyl (C=O) groups excluding carboxylic acids is 1. The van der Waals surface area contributed by atoms with Gasteiger partial charge >= 0.3 is 12.3 Å². The van der Waals surface area contributed by atoms with E-state index in [2.05, 4.69) is 10.3 Å². The lowest BCUT2D eigenvalue weighted by molar-refractivity contribution is -0.137. The van der Waals surface area contributed by atoms with Crippen molar-refractivity contribution >= 4 is 22.9 Å². The van der Waals surface area contributed by atoms with E-state index in [0.717, 1.165) is 12.3 Å². The number of amides is 2. The van der Waals surface area contributed by atoms with Crippen molar-refractivity contribution in [1.82, 2.24) is 15.2 Å². The minimum Gasteiger partial charge on any atom is -0.465 e. The Morgan fingerprint density at radius 3 is 2.50 bits per heavy atom. The van der Waals surface area contributed by atoms with Gasteiger partial charge in [-0.05, 0) is 30.3 Å². The minimum atomic E-state index is -4.75. The van der Waals surface area contributed by atoms with E-state index < -0.39 is 42.5 Å². The van der Waals surface area contributed by atoms with E-state index >= 15 is 0 Å². The van der Waals surface area contributed by atoms with Crippen molar-refractivity contribution < 1.29 is 41.1 Å². The van der Waals surface area contributed by atoms with Crippen molar-refractivity contribution in [3.8, 4) is 11.3 Å². The van der Waals surface area contributed by atoms with Gasteiger partial charge in [0.2, 0.25) is 0 Å². The fraction of sp³-hybridized carbons (Fsp3) is 0.318. The first-order valence-corrected chi connectivity index (χ1v) is 10.2. The molecule has 0 bridgehead atoms. The highest BCUT2D eigenvalue weighted by atomic mass is 19.4. The predicted octanol–water partition coefficient (Wildman–Crippen LogP) is 5.15. The van der Waals surface area contributed by atoms with Crippen molar-refractivity contribution in [2.45, 2.75) is 31.5 Å². The number of hydrogen-bond donors (Lipinski definition) is 2. The number of alkyl halides is 5. The molecule has 0 unspecified atom stereocenters. The number of benzene rings is 1. The van der Waals surface area contributed by atoms with Crippen LogP contribution in [0, 0.1) is 0 Å². The molecular weight excluding hydrogens is 465 g/mol. The van der Waals surface area contributed by atoms with Gasteiger partial charge in [-0.3, -0.25) is 9.78 Å². The second kappa shape index (κ2) is 8.58. The van der Waals surface area contributed by atoms with Crippen LogP contribution in [0.5, 0.6) is 0 Å². The Hall–Kier alpha value is -3.70. The fourth-order valence-corrected chi connectivity index (χ4v) is 3.73. The molecule has 4 rings (SSSR count). The third-order valence-corrected chi connectivity index (χ3v) is 5.50. The molecule has 1 fully saturated rings. The van der Waals surface area contributed by atoms with Crippen LogP contribution < -0.4 is 5.32 Å². The van der Waals surface area contributed by atoms with Crippen molar-refractivity contribution in [2.75, 3.05) is 13.1 Å². The number of carbonyl (C=O) groups is 2. The van der Waals surface area contributed by atoms with Gasteiger partial charge in [0.15, 0.2) is 0 Å². The van der Waals surface area contributed by atoms with E-state index in [0.29, 0.717) is 0 Å². The van der Waals surface area contributed by atoms with Crippen LogP contribution >= 0.6 is 0 Å². The van der Waals surface area contributed by atoms with Crippen LogP contribution in [0.25, 0.3) is 22.2 Å². The number of hydrogen-bond acceptors (Lipinski definition) is 4. The van der Waals surface area contributed by atoms with Gasteiger partial charge in [0.05, 0.1) is 23.2 Å². The monoisotopic (exact) mass is 483 g/mol. The van der Waals surface area contributed by atoms with Crippen molar-refractivity contribution in [3.05, 3.63) is 53.4 Å². The Morgan fingerprint density at radius 2 is 1.85 bits per heavy atom. The molecule has 2 amide bonds. The first-order chi connectivity index (χ1) is 15.9. The summed E-state index contributed by atoms with van der Waals surface area (Å²) in [5.41, 5.74) is -1.28. The van der Waals surface area contributed by atoms with Crippen molar-refractivity contribution in [3.63, 3.8) is 0 Å². The molecule has 3 heterocycles. The third kappa shape index (κ3) is 4.95. The summed E-state index contributed by atoms with van der Waals surface area (Å²) in [6.45, 7) is -0.511. The Bertz CT molecular complexity index is 1250. The molecule has 1 aliphatic rings. The zero-order valence-electron chi connectivity index (χ0n) is 17.5. The molecule has 3 aromatic rings. The van der Waals surface area contributed by atoms with Crippen LogP contribution in [0.15, 0.2) is 40.9 Å². The number of halogens is 5. The Labute approximate surface area is 189 Å². The zero-order valence-corrected chi connectivity index (χ0v) is 17.5. The maximum atomic E-state index is 13.8. The van der Waals surface area contributed by atoms with E-state index in [9.17, 15) is 31.5 Å². The summed E-state index contributed by atoms with van der Waals surface area (Å²) < 4.78 is 73.5. The lowest BCUT2D eigenvalue weighted by Gasteiger charge is -2.31. The molecule has 1 saturated heterocycles. The number of furan rings is 1. The average Bonchev–Trinajstić information content (AvgIpc) is 3.24. The lowest BCUT2D eigenvalue weighted by Crippen LogP contribution is -2.42. The summed E-state index contributed by atoms with van der Waals surface area (Å²) in [4.78, 5) is 28.6. The average molecular weight is 483 g/mol. The molecule has 1 aliphatic heterocycles. The van der Waals surface area contributed by atoms with Crippen LogP contribution in [-0.2, 0) is 12.7 Å². The van der Waals surface area contributed by atoms with Gasteiger partial charge in [-0.25, -0.2) is 13.6 Å². The van der Waals surface area contributed by atoms with Gasteiger partial charge in [0.25, 0.3) is 11.8 Å². The molecule has 7 nitrogen and oxygen atoms in total. The summed E-state index contributed by atoms with van der Waals surface area (Å²) >= 11 is 0. The summed E-state index contributed by atoms with van der Waals surface area (Å²) in [5, 5.41) is 11.0. The number of fused-ring (bicyclic) bond motifs is 1. The molecule has 0 spiro atoms. The molecule has 1 aromatic carbocycles. The standard InChI is InChI=1S/C22H18F5N3O4/c23-21(24)3-5-30(6-4-21)19(31)13-7-12-8-15(16(22(25,26)27)9-17(12)28-10-13)18-2-1-14(34-18)11-29-20(32)33/h1-2,7-10,29H,3-6,11H2,(H,32,33). The number of piperidine rings is 1. The number of nitrogens with zero attached hydrogens (tertiary/aromatic N) is 2. The highest BCUT2D eigenvalue weighted by Gasteiger charge is 2.37. The van der Waals surface area contributed by atoms with Gasteiger partial charge in [-0.1, -0.05) is 0 Å². The minimum absolute atomic E-state index is 0.0166. The van der Waals surface area contributed by atoms with E-state index in [1.165, 1.54) is 29.2 Å². The highest BCUT2D eigenvalue weighted by Crippen LogP contribution is 2.40. The van der Waals surface area contributed by atoms with E-state index in [-0.39, 0.29) is 53.2 Å². The number of nitrogens with one attached hydrogen (secondary N) is 1. The maximum absolute atomic E-state index is 13.8. The van der Waals surface area contributed by atoms with Crippen LogP contribution in [0.1, 0.15) is 34.5 Å². The van der Waals surface area contributed by atoms with Gasteiger partial charge in [-0.2, -0.15) is 13.2 Å². The second-order valence-corrected chi connectivity index (χ2v) is 7.89. The van der Waals surface area contributed by atoms with Gasteiger partial charge in [0.1, 0.15) is 11.5 Å². The molecule has 34 heavy (non-hydrogen) atoms. The van der Waals surface area contributed by atoms with E-state index in [1.54, 1.807) is 0 Å². The van der Waals surface area contributed by atoms with Crippen molar-refractivity contribution in [1.29, 1.82) is 0 Å². The number of rotatable bonds is 4. The summed E-state index contributed by atoms with van der Waals surface area (Å²) in [6.07, 6.45) is -5.86. The van der Waals surface area contributed by atoms with Crippen LogP contribution in [0.4, 0.5) is 26.7 Å². The first-order valence-electron chi connectivity index (χ1n) is 10.2. The van der Waals surface area contributed by atoms with Crippen LogP contribution in [0.3, 0.4) is 0 Å². The molecular formula is C22H18F5N3O4. The molecule has 0 atom stereocenters. The largest absolute Gasteiger partial charge is 0.465 e. The molecule has 0 radical (unpaired) electrons. The van der Waals surface area contributed by atoms with Gasteiger partial charge in [0, 0.05) is 43.1 Å². The topological polar surface area (TPSA) is 95.7 Å². The fourth-order valence-electron chi connectivity index (χ4n) is 3.73. The normalized spacial score (nSPS) is 16.0. The Morgan fingerprint density at radius 1 is 1.15 bits per heavy atom. The molecule has 180 valence electrons. The SMILES string of the molecule is O=C(O)NCc1ccc(-c2cc3cc(C(=O)N4CCC(F)(F)CC4)cnc3cc2C(F)(F)F)o1. The predicted molar refractivity (Wildman–Crippen MR) is 109 cm³/mol. The second-order valence-electron chi connectivity index (χ2n) is 7.89. The first kappa shape index (κ1) is 23.5. The number of likely N-dealkylation sites (tertiary alicyclic amines) is 1. The summed E-state index contributed by atoms with van der Waals surface area (Å²) in [7, 11) is 0. The molecule has 0 aliphatic carbocycles. The number of pyridine rings is 1. The van der Waals surface area contributed by atoms with Crippen LogP contribution in [0.2, 0.25) is 0 Å². The number of carboxylic acid groups (broad SMARTS) is 1. The van der Waals surface area contributed by atoms with Crippen molar-refractivity contribution in [2.24, 2.45) is 0 Å². The summed E-state index contributed by atoms with van der Waals surface area (Å²) in [5.74, 6) is -3.41. The van der Waals surface area contributed by atoms with E-state index in [1.807, 2.05) is 0 Å². The molecule has 2 N–H and O–H groups in total. The number of aromatic nitrogens is 1. The maximum Gasteiger partial charge on any atom is 0.417 e. The Kier molecular flexibility index (Phi) is 5.92. The van der Waals surface area contributed by atoms with Gasteiger partial charge < -0.3 is 19.7 Å². The molecule has 12 heteroatoms. The smallest absolute Gasteiger partial charge is 0.417 e. The van der Waals surface area contributed by atoms with Crippen LogP contribution in [-0.4, -0.2) is 46.0 Å². The Balaban J connectivity index is 1.70. The lowest BCUT2D eigenvalue weighted by atomic mass is 10.00. The highest BCUT2D eigenvalue weighted by molar-refractivity contribution is 5.98.